The number of anilines is 1. The third-order valence-electron chi connectivity index (χ3n) is 2.15. The number of rotatable bonds is 4. The van der Waals surface area contributed by atoms with Gasteiger partial charge in [0.25, 0.3) is 0 Å². The Balaban J connectivity index is 2.82. The Morgan fingerprint density at radius 1 is 1.39 bits per heavy atom. The molecule has 0 aromatic heterocycles. The van der Waals surface area contributed by atoms with Crippen LogP contribution in [0.3, 0.4) is 0 Å². The van der Waals surface area contributed by atoms with E-state index in [0.717, 1.165) is 6.07 Å². The molecule has 0 atom stereocenters. The fraction of sp³-hybridized carbons (Fsp3) is 0.273. The van der Waals surface area contributed by atoms with Crippen molar-refractivity contribution in [2.45, 2.75) is 12.6 Å². The normalized spacial score (nSPS) is 11.5. The summed E-state index contributed by atoms with van der Waals surface area (Å²) in [7, 11) is 0. The number of nitrogens with zero attached hydrogens (tertiary/aromatic N) is 3. The number of hydrogen-bond donors (Lipinski definition) is 1. The van der Waals surface area contributed by atoms with E-state index in [1.165, 1.54) is 18.2 Å². The summed E-state index contributed by atoms with van der Waals surface area (Å²) in [6.07, 6.45) is -0.823. The molecule has 0 bridgehead atoms. The van der Waals surface area contributed by atoms with Crippen molar-refractivity contribution < 1.29 is 13.2 Å². The van der Waals surface area contributed by atoms with Crippen molar-refractivity contribution in [3.05, 3.63) is 45.8 Å². The van der Waals surface area contributed by atoms with Gasteiger partial charge in [-0.05, 0) is 29.6 Å². The van der Waals surface area contributed by atoms with Gasteiger partial charge in [-0.3, -0.25) is 0 Å². The van der Waals surface area contributed by atoms with Crippen LogP contribution in [-0.2, 0) is 6.18 Å². The second-order valence-electron chi connectivity index (χ2n) is 3.49. The van der Waals surface area contributed by atoms with E-state index in [0.29, 0.717) is 12.0 Å². The average Bonchev–Trinajstić information content (AvgIpc) is 2.29. The number of halogens is 3. The Hall–Kier alpha value is -2.14. The quantitative estimate of drug-likeness (QED) is 0.285. The van der Waals surface area contributed by atoms with Crippen molar-refractivity contribution in [3.63, 3.8) is 0 Å². The molecule has 0 aliphatic heterocycles. The lowest BCUT2D eigenvalue weighted by Gasteiger charge is -2.10. The van der Waals surface area contributed by atoms with Gasteiger partial charge >= 0.3 is 6.18 Å². The molecule has 96 valence electrons. The molecule has 1 aromatic carbocycles. The van der Waals surface area contributed by atoms with Gasteiger partial charge in [0, 0.05) is 17.1 Å². The van der Waals surface area contributed by atoms with E-state index in [1.807, 2.05) is 0 Å². The first-order chi connectivity index (χ1) is 8.45. The van der Waals surface area contributed by atoms with E-state index in [1.54, 1.807) is 6.08 Å². The van der Waals surface area contributed by atoms with Crippen molar-refractivity contribution in [1.82, 2.24) is 0 Å². The van der Waals surface area contributed by atoms with Gasteiger partial charge in [-0.25, -0.2) is 0 Å². The topological polar surface area (TPSA) is 74.8 Å². The predicted molar refractivity (Wildman–Crippen MR) is 63.5 cm³/mol. The maximum absolute atomic E-state index is 12.6. The minimum absolute atomic E-state index is 0.272. The van der Waals surface area contributed by atoms with E-state index in [-0.39, 0.29) is 12.2 Å². The van der Waals surface area contributed by atoms with Crippen LogP contribution in [-0.4, -0.2) is 6.54 Å². The minimum Gasteiger partial charge on any atom is -0.398 e. The molecule has 0 radical (unpaired) electrons. The Bertz CT molecular complexity index is 488. The van der Waals surface area contributed by atoms with E-state index >= 15 is 0 Å². The van der Waals surface area contributed by atoms with Crippen LogP contribution in [0.15, 0.2) is 29.4 Å². The van der Waals surface area contributed by atoms with Crippen LogP contribution < -0.4 is 5.73 Å². The first-order valence-corrected chi connectivity index (χ1v) is 5.09. The van der Waals surface area contributed by atoms with E-state index < -0.39 is 11.7 Å². The Morgan fingerprint density at radius 2 is 2.11 bits per heavy atom. The molecule has 0 amide bonds. The summed E-state index contributed by atoms with van der Waals surface area (Å²) >= 11 is 0. The lowest BCUT2D eigenvalue weighted by molar-refractivity contribution is -0.136. The van der Waals surface area contributed by atoms with Crippen molar-refractivity contribution >= 4 is 11.8 Å². The van der Waals surface area contributed by atoms with Gasteiger partial charge in [0.05, 0.1) is 5.56 Å². The number of hydrogen-bond acceptors (Lipinski definition) is 2. The maximum atomic E-state index is 12.6. The van der Waals surface area contributed by atoms with Gasteiger partial charge in [-0.15, -0.1) is 0 Å². The second-order valence-corrected chi connectivity index (χ2v) is 3.49. The summed E-state index contributed by atoms with van der Waals surface area (Å²) in [6.45, 7) is 0.272. The van der Waals surface area contributed by atoms with Crippen LogP contribution >= 0.6 is 0 Å². The highest BCUT2D eigenvalue weighted by Crippen LogP contribution is 2.34. The summed E-state index contributed by atoms with van der Waals surface area (Å²) in [5.41, 5.74) is 12.6. The zero-order valence-corrected chi connectivity index (χ0v) is 9.35. The van der Waals surface area contributed by atoms with Gasteiger partial charge in [0.1, 0.15) is 0 Å². The zero-order valence-electron chi connectivity index (χ0n) is 9.35. The maximum Gasteiger partial charge on any atom is 0.418 e. The Morgan fingerprint density at radius 3 is 2.72 bits per heavy atom. The molecule has 18 heavy (non-hydrogen) atoms. The summed E-state index contributed by atoms with van der Waals surface area (Å²) in [4.78, 5) is 2.56. The third kappa shape index (κ3) is 4.03. The molecule has 2 N–H and O–H groups in total. The number of alkyl halides is 3. The van der Waals surface area contributed by atoms with E-state index in [9.17, 15) is 13.2 Å². The molecule has 1 rings (SSSR count). The van der Waals surface area contributed by atoms with Crippen molar-refractivity contribution in [1.29, 1.82) is 0 Å². The van der Waals surface area contributed by atoms with Gasteiger partial charge < -0.3 is 5.73 Å². The molecular weight excluding hydrogens is 245 g/mol. The molecule has 0 aliphatic carbocycles. The Labute approximate surface area is 102 Å². The first kappa shape index (κ1) is 13.9. The second kappa shape index (κ2) is 5.97. The minimum atomic E-state index is -4.46. The van der Waals surface area contributed by atoms with Crippen LogP contribution in [0.25, 0.3) is 16.5 Å². The van der Waals surface area contributed by atoms with Gasteiger partial charge in [0.2, 0.25) is 0 Å². The monoisotopic (exact) mass is 256 g/mol. The summed E-state index contributed by atoms with van der Waals surface area (Å²) in [5, 5.41) is 3.30. The molecule has 1 aromatic rings. The molecule has 0 fully saturated rings. The molecule has 0 aliphatic rings. The van der Waals surface area contributed by atoms with Gasteiger partial charge in [-0.1, -0.05) is 23.3 Å². The standard InChI is InChI=1S/C11H11F3N4/c12-11(13,14)9-7-8(4-5-10(9)15)3-1-2-6-17-18-16/h1,3-5,7H,2,6,15H2. The van der Waals surface area contributed by atoms with Crippen LogP contribution in [0, 0.1) is 0 Å². The smallest absolute Gasteiger partial charge is 0.398 e. The fourth-order valence-electron chi connectivity index (χ4n) is 1.32. The van der Waals surface area contributed by atoms with Crippen LogP contribution in [0.1, 0.15) is 17.5 Å². The molecule has 0 saturated heterocycles. The number of nitrogens with two attached hydrogens (primary N) is 1. The third-order valence-corrected chi connectivity index (χ3v) is 2.15. The molecule has 0 heterocycles. The Kier molecular flexibility index (Phi) is 4.62. The highest BCUT2D eigenvalue weighted by Gasteiger charge is 2.32. The molecule has 7 heteroatoms. The highest BCUT2D eigenvalue weighted by molar-refractivity contribution is 5.58. The average molecular weight is 256 g/mol. The van der Waals surface area contributed by atoms with Gasteiger partial charge in [-0.2, -0.15) is 13.2 Å². The summed E-state index contributed by atoms with van der Waals surface area (Å²) in [6, 6.07) is 3.70. The molecular formula is C11H11F3N4. The zero-order chi connectivity index (χ0) is 13.6. The van der Waals surface area contributed by atoms with Crippen molar-refractivity contribution in [2.24, 2.45) is 5.11 Å². The first-order valence-electron chi connectivity index (χ1n) is 5.09. The lowest BCUT2D eigenvalue weighted by atomic mass is 10.1. The van der Waals surface area contributed by atoms with Crippen molar-refractivity contribution in [3.8, 4) is 0 Å². The predicted octanol–water partition coefficient (Wildman–Crippen LogP) is 4.00. The number of nitrogen functional groups attached to an aromatic ring is 1. The van der Waals surface area contributed by atoms with E-state index in [2.05, 4.69) is 10.0 Å². The highest BCUT2D eigenvalue weighted by atomic mass is 19.4. The van der Waals surface area contributed by atoms with Crippen LogP contribution in [0.4, 0.5) is 18.9 Å². The largest absolute Gasteiger partial charge is 0.418 e. The summed E-state index contributed by atoms with van der Waals surface area (Å²) < 4.78 is 37.7. The fourth-order valence-corrected chi connectivity index (χ4v) is 1.32. The molecule has 4 nitrogen and oxygen atoms in total. The lowest BCUT2D eigenvalue weighted by Crippen LogP contribution is -2.08. The summed E-state index contributed by atoms with van der Waals surface area (Å²) in [5.74, 6) is 0. The van der Waals surface area contributed by atoms with Crippen LogP contribution in [0.2, 0.25) is 0 Å². The molecule has 0 unspecified atom stereocenters. The number of benzene rings is 1. The van der Waals surface area contributed by atoms with Crippen molar-refractivity contribution in [2.75, 3.05) is 12.3 Å². The molecule has 0 spiro atoms. The molecule has 0 saturated carbocycles. The number of azide groups is 1. The van der Waals surface area contributed by atoms with Gasteiger partial charge in [0.15, 0.2) is 0 Å². The SMILES string of the molecule is [N-]=[N+]=NCCC=Cc1ccc(N)c(C(F)(F)F)c1. The van der Waals surface area contributed by atoms with Crippen LogP contribution in [0.5, 0.6) is 0 Å². The van der Waals surface area contributed by atoms with E-state index in [4.69, 9.17) is 11.3 Å².